The number of hydrogen-bond donors (Lipinski definition) is 2. The van der Waals surface area contributed by atoms with Gasteiger partial charge in [-0.2, -0.15) is 0 Å². The maximum absolute atomic E-state index is 12.0. The summed E-state index contributed by atoms with van der Waals surface area (Å²) in [5.41, 5.74) is 1.30. The summed E-state index contributed by atoms with van der Waals surface area (Å²) in [6.45, 7) is 7.60. The van der Waals surface area contributed by atoms with Gasteiger partial charge in [-0.05, 0) is 31.2 Å². The third-order valence-corrected chi connectivity index (χ3v) is 3.39. The van der Waals surface area contributed by atoms with Crippen LogP contribution in [-0.4, -0.2) is 23.5 Å². The molecule has 25 heavy (non-hydrogen) atoms. The molecular formula is C19H23N3O3. The number of nitrogens with one attached hydrogen (secondary N) is 2. The lowest BCUT2D eigenvalue weighted by Gasteiger charge is -2.17. The molecule has 0 aliphatic rings. The van der Waals surface area contributed by atoms with Gasteiger partial charge in [0.1, 0.15) is 5.82 Å². The van der Waals surface area contributed by atoms with Crippen molar-refractivity contribution in [1.29, 1.82) is 0 Å². The topological polar surface area (TPSA) is 80.3 Å². The van der Waals surface area contributed by atoms with Gasteiger partial charge in [-0.3, -0.25) is 4.79 Å². The van der Waals surface area contributed by atoms with E-state index in [-0.39, 0.29) is 11.9 Å². The average molecular weight is 341 g/mol. The van der Waals surface area contributed by atoms with E-state index in [0.717, 1.165) is 0 Å². The Hall–Kier alpha value is -2.89. The highest BCUT2D eigenvalue weighted by molar-refractivity contribution is 5.96. The SMILES string of the molecule is CCOC(=O)c1ccccc1Nc1ccc(NC(=O)C(C)(C)C)nc1. The van der Waals surface area contributed by atoms with Crippen molar-refractivity contribution in [2.75, 3.05) is 17.2 Å². The van der Waals surface area contributed by atoms with Crippen molar-refractivity contribution in [1.82, 2.24) is 4.98 Å². The van der Waals surface area contributed by atoms with Gasteiger partial charge in [-0.15, -0.1) is 0 Å². The molecule has 0 bridgehead atoms. The zero-order valence-electron chi connectivity index (χ0n) is 14.9. The number of hydrogen-bond acceptors (Lipinski definition) is 5. The number of nitrogens with zero attached hydrogens (tertiary/aromatic N) is 1. The van der Waals surface area contributed by atoms with Crippen LogP contribution in [0, 0.1) is 5.41 Å². The van der Waals surface area contributed by atoms with E-state index < -0.39 is 5.41 Å². The van der Waals surface area contributed by atoms with Crippen molar-refractivity contribution in [3.8, 4) is 0 Å². The van der Waals surface area contributed by atoms with Crippen LogP contribution >= 0.6 is 0 Å². The summed E-state index contributed by atoms with van der Waals surface area (Å²) in [5.74, 6) is -0.00913. The van der Waals surface area contributed by atoms with E-state index >= 15 is 0 Å². The first kappa shape index (κ1) is 18.4. The van der Waals surface area contributed by atoms with Gasteiger partial charge in [0.25, 0.3) is 0 Å². The Morgan fingerprint density at radius 1 is 1.12 bits per heavy atom. The van der Waals surface area contributed by atoms with Crippen LogP contribution in [-0.2, 0) is 9.53 Å². The second-order valence-electron chi connectivity index (χ2n) is 6.53. The van der Waals surface area contributed by atoms with Crippen LogP contribution in [0.15, 0.2) is 42.6 Å². The van der Waals surface area contributed by atoms with Crippen molar-refractivity contribution >= 4 is 29.1 Å². The van der Waals surface area contributed by atoms with Crippen LogP contribution < -0.4 is 10.6 Å². The van der Waals surface area contributed by atoms with E-state index in [1.54, 1.807) is 43.5 Å². The number of benzene rings is 1. The Bertz CT molecular complexity index is 749. The monoisotopic (exact) mass is 341 g/mol. The number of aromatic nitrogens is 1. The Labute approximate surface area is 147 Å². The largest absolute Gasteiger partial charge is 0.462 e. The van der Waals surface area contributed by atoms with E-state index in [1.807, 2.05) is 26.8 Å². The Kier molecular flexibility index (Phi) is 5.75. The van der Waals surface area contributed by atoms with Crippen LogP contribution in [0.25, 0.3) is 0 Å². The second kappa shape index (κ2) is 7.79. The van der Waals surface area contributed by atoms with Crippen molar-refractivity contribution < 1.29 is 14.3 Å². The summed E-state index contributed by atoms with van der Waals surface area (Å²) < 4.78 is 5.06. The Morgan fingerprint density at radius 3 is 2.44 bits per heavy atom. The number of amides is 1. The lowest BCUT2D eigenvalue weighted by molar-refractivity contribution is -0.123. The normalized spacial score (nSPS) is 10.9. The molecule has 1 amide bonds. The van der Waals surface area contributed by atoms with Gasteiger partial charge < -0.3 is 15.4 Å². The predicted molar refractivity (Wildman–Crippen MR) is 98.0 cm³/mol. The van der Waals surface area contributed by atoms with Gasteiger partial charge in [-0.25, -0.2) is 9.78 Å². The summed E-state index contributed by atoms with van der Waals surface area (Å²) in [7, 11) is 0. The average Bonchev–Trinajstić information content (AvgIpc) is 2.56. The van der Waals surface area contributed by atoms with Crippen LogP contribution in [0.5, 0.6) is 0 Å². The molecule has 0 atom stereocenters. The van der Waals surface area contributed by atoms with Crippen LogP contribution in [0.2, 0.25) is 0 Å². The predicted octanol–water partition coefficient (Wildman–Crippen LogP) is 3.99. The number of para-hydroxylation sites is 1. The van der Waals surface area contributed by atoms with Gasteiger partial charge in [0, 0.05) is 5.41 Å². The third kappa shape index (κ3) is 5.04. The molecule has 0 saturated heterocycles. The summed E-state index contributed by atoms with van der Waals surface area (Å²) in [6, 6.07) is 10.6. The second-order valence-corrected chi connectivity index (χ2v) is 6.53. The summed E-state index contributed by atoms with van der Waals surface area (Å²) in [5, 5.41) is 5.91. The van der Waals surface area contributed by atoms with Crippen LogP contribution in [0.4, 0.5) is 17.2 Å². The van der Waals surface area contributed by atoms with Crippen LogP contribution in [0.1, 0.15) is 38.1 Å². The first-order valence-corrected chi connectivity index (χ1v) is 8.12. The molecule has 0 radical (unpaired) electrons. The zero-order chi connectivity index (χ0) is 18.4. The minimum atomic E-state index is -0.489. The zero-order valence-corrected chi connectivity index (χ0v) is 14.9. The fourth-order valence-corrected chi connectivity index (χ4v) is 1.98. The molecule has 0 spiro atoms. The molecule has 2 aromatic rings. The highest BCUT2D eigenvalue weighted by Crippen LogP contribution is 2.22. The van der Waals surface area contributed by atoms with E-state index in [0.29, 0.717) is 29.4 Å². The minimum Gasteiger partial charge on any atom is -0.462 e. The molecule has 1 aromatic carbocycles. The van der Waals surface area contributed by atoms with Gasteiger partial charge in [0.05, 0.1) is 29.7 Å². The van der Waals surface area contributed by atoms with Crippen molar-refractivity contribution in [2.45, 2.75) is 27.7 Å². The van der Waals surface area contributed by atoms with E-state index in [4.69, 9.17) is 4.74 Å². The molecule has 0 unspecified atom stereocenters. The van der Waals surface area contributed by atoms with Crippen molar-refractivity contribution in [2.24, 2.45) is 5.41 Å². The summed E-state index contributed by atoms with van der Waals surface area (Å²) >= 11 is 0. The maximum atomic E-state index is 12.0. The molecule has 0 fully saturated rings. The van der Waals surface area contributed by atoms with Crippen molar-refractivity contribution in [3.63, 3.8) is 0 Å². The first-order valence-electron chi connectivity index (χ1n) is 8.12. The molecule has 0 saturated carbocycles. The molecule has 6 heteroatoms. The number of ether oxygens (including phenoxy) is 1. The number of carbonyl (C=O) groups is 2. The van der Waals surface area contributed by atoms with Gasteiger partial charge >= 0.3 is 5.97 Å². The molecular weight excluding hydrogens is 318 g/mol. The standard InChI is InChI=1S/C19H23N3O3/c1-5-25-17(23)14-8-6-7-9-15(14)21-13-10-11-16(20-12-13)22-18(24)19(2,3)4/h6-12,21H,5H2,1-4H3,(H,20,22,24). The molecule has 2 rings (SSSR count). The van der Waals surface area contributed by atoms with E-state index in [1.165, 1.54) is 0 Å². The first-order chi connectivity index (χ1) is 11.8. The maximum Gasteiger partial charge on any atom is 0.340 e. The molecule has 0 aliphatic carbocycles. The van der Waals surface area contributed by atoms with Gasteiger partial charge in [-0.1, -0.05) is 32.9 Å². The molecule has 132 valence electrons. The molecule has 6 nitrogen and oxygen atoms in total. The highest BCUT2D eigenvalue weighted by atomic mass is 16.5. The fraction of sp³-hybridized carbons (Fsp3) is 0.316. The minimum absolute atomic E-state index is 0.103. The van der Waals surface area contributed by atoms with E-state index in [9.17, 15) is 9.59 Å². The van der Waals surface area contributed by atoms with Gasteiger partial charge in [0.15, 0.2) is 0 Å². The highest BCUT2D eigenvalue weighted by Gasteiger charge is 2.21. The lowest BCUT2D eigenvalue weighted by Crippen LogP contribution is -2.27. The fourth-order valence-electron chi connectivity index (χ4n) is 1.98. The quantitative estimate of drug-likeness (QED) is 0.804. The third-order valence-electron chi connectivity index (χ3n) is 3.39. The Morgan fingerprint density at radius 2 is 1.84 bits per heavy atom. The molecule has 1 aromatic heterocycles. The smallest absolute Gasteiger partial charge is 0.340 e. The molecule has 2 N–H and O–H groups in total. The number of carbonyl (C=O) groups excluding carboxylic acids is 2. The number of esters is 1. The lowest BCUT2D eigenvalue weighted by atomic mass is 9.96. The van der Waals surface area contributed by atoms with Crippen molar-refractivity contribution in [3.05, 3.63) is 48.2 Å². The number of rotatable bonds is 5. The molecule has 1 heterocycles. The number of pyridine rings is 1. The number of anilines is 3. The van der Waals surface area contributed by atoms with Gasteiger partial charge in [0.2, 0.25) is 5.91 Å². The summed E-state index contributed by atoms with van der Waals surface area (Å²) in [4.78, 5) is 28.2. The summed E-state index contributed by atoms with van der Waals surface area (Å²) in [6.07, 6.45) is 1.60. The molecule has 0 aliphatic heterocycles. The Balaban J connectivity index is 2.12. The van der Waals surface area contributed by atoms with Crippen LogP contribution in [0.3, 0.4) is 0 Å². The van der Waals surface area contributed by atoms with E-state index in [2.05, 4.69) is 15.6 Å².